The van der Waals surface area contributed by atoms with Crippen molar-refractivity contribution >= 4 is 15.8 Å². The molecule has 0 saturated heterocycles. The molecule has 0 bridgehead atoms. The van der Waals surface area contributed by atoms with Crippen molar-refractivity contribution in [2.45, 2.75) is 20.3 Å². The highest BCUT2D eigenvalue weighted by Crippen LogP contribution is 2.34. The Morgan fingerprint density at radius 3 is 2.54 bits per heavy atom. The molecule has 0 radical (unpaired) electrons. The van der Waals surface area contributed by atoms with E-state index in [-0.39, 0.29) is 30.7 Å². The number of anilines is 1. The number of aliphatic hydroxyl groups excluding tert-OH is 1. The fraction of sp³-hybridized carbons (Fsp3) is 0.375. The predicted octanol–water partition coefficient (Wildman–Crippen LogP) is 1.97. The van der Waals surface area contributed by atoms with E-state index in [4.69, 9.17) is 9.84 Å². The lowest BCUT2D eigenvalue weighted by molar-refractivity contribution is 0.197. The van der Waals surface area contributed by atoms with Gasteiger partial charge >= 0.3 is 0 Å². The summed E-state index contributed by atoms with van der Waals surface area (Å²) >= 11 is 0. The third kappa shape index (κ3) is 4.65. The van der Waals surface area contributed by atoms with Gasteiger partial charge in [-0.1, -0.05) is 36.8 Å². The normalized spacial score (nSPS) is 11.3. The van der Waals surface area contributed by atoms with Gasteiger partial charge in [-0.05, 0) is 18.9 Å². The van der Waals surface area contributed by atoms with E-state index in [0.717, 1.165) is 11.1 Å². The van der Waals surface area contributed by atoms with E-state index in [0.29, 0.717) is 12.0 Å². The van der Waals surface area contributed by atoms with Crippen LogP contribution < -0.4 is 9.46 Å². The fourth-order valence-electron chi connectivity index (χ4n) is 2.15. The molecule has 1 heterocycles. The smallest absolute Gasteiger partial charge is 0.233 e. The van der Waals surface area contributed by atoms with Crippen LogP contribution in [0.5, 0.6) is 5.88 Å². The largest absolute Gasteiger partial charge is 0.475 e. The topological polar surface area (TPSA) is 101 Å². The zero-order chi connectivity index (χ0) is 17.6. The molecule has 2 rings (SSSR count). The number of sulfonamides is 1. The van der Waals surface area contributed by atoms with E-state index in [2.05, 4.69) is 14.7 Å². The van der Waals surface area contributed by atoms with Gasteiger partial charge in [-0.15, -0.1) is 0 Å². The first-order valence-electron chi connectivity index (χ1n) is 7.63. The van der Waals surface area contributed by atoms with Crippen molar-refractivity contribution in [3.63, 3.8) is 0 Å². The van der Waals surface area contributed by atoms with Gasteiger partial charge in [0.05, 0.1) is 17.9 Å². The Morgan fingerprint density at radius 1 is 1.21 bits per heavy atom. The lowest BCUT2D eigenvalue weighted by Gasteiger charge is -2.15. The van der Waals surface area contributed by atoms with Crippen molar-refractivity contribution in [3.8, 4) is 17.0 Å². The zero-order valence-electron chi connectivity index (χ0n) is 13.7. The van der Waals surface area contributed by atoms with Gasteiger partial charge in [0.15, 0.2) is 5.82 Å². The van der Waals surface area contributed by atoms with Crippen molar-refractivity contribution < 1.29 is 18.3 Å². The minimum Gasteiger partial charge on any atom is -0.475 e. The number of rotatable bonds is 8. The van der Waals surface area contributed by atoms with Gasteiger partial charge in [-0.2, -0.15) is 0 Å². The molecule has 0 atom stereocenters. The summed E-state index contributed by atoms with van der Waals surface area (Å²) < 4.78 is 32.2. The number of hydrogen-bond donors (Lipinski definition) is 2. The zero-order valence-corrected chi connectivity index (χ0v) is 14.5. The summed E-state index contributed by atoms with van der Waals surface area (Å²) in [6, 6.07) is 7.50. The van der Waals surface area contributed by atoms with Crippen LogP contribution in [0.25, 0.3) is 11.1 Å². The van der Waals surface area contributed by atoms with Crippen molar-refractivity contribution in [3.05, 3.63) is 36.2 Å². The Bertz CT molecular complexity index is 776. The third-order valence-electron chi connectivity index (χ3n) is 3.21. The van der Waals surface area contributed by atoms with Gasteiger partial charge in [-0.3, -0.25) is 4.72 Å². The predicted molar refractivity (Wildman–Crippen MR) is 92.5 cm³/mol. The number of aromatic nitrogens is 2. The Balaban J connectivity index is 2.51. The molecular weight excluding hydrogens is 330 g/mol. The van der Waals surface area contributed by atoms with Gasteiger partial charge in [0.25, 0.3) is 0 Å². The van der Waals surface area contributed by atoms with Crippen LogP contribution in [0, 0.1) is 6.92 Å². The maximum atomic E-state index is 12.1. The molecule has 2 N–H and O–H groups in total. The first kappa shape index (κ1) is 18.2. The van der Waals surface area contributed by atoms with Crippen LogP contribution in [0.4, 0.5) is 5.82 Å². The first-order valence-corrected chi connectivity index (χ1v) is 9.28. The average molecular weight is 351 g/mol. The van der Waals surface area contributed by atoms with Crippen LogP contribution in [-0.2, 0) is 10.0 Å². The molecule has 0 fully saturated rings. The number of hydrogen-bond acceptors (Lipinski definition) is 6. The average Bonchev–Trinajstić information content (AvgIpc) is 2.53. The van der Waals surface area contributed by atoms with Crippen LogP contribution in [0.15, 0.2) is 30.6 Å². The van der Waals surface area contributed by atoms with Crippen LogP contribution in [-0.4, -0.2) is 42.5 Å². The molecule has 130 valence electrons. The van der Waals surface area contributed by atoms with E-state index in [1.807, 2.05) is 31.2 Å². The molecule has 0 aliphatic heterocycles. The van der Waals surface area contributed by atoms with Gasteiger partial charge in [0, 0.05) is 0 Å². The molecule has 24 heavy (non-hydrogen) atoms. The monoisotopic (exact) mass is 351 g/mol. The van der Waals surface area contributed by atoms with Gasteiger partial charge in [-0.25, -0.2) is 18.4 Å². The second kappa shape index (κ2) is 8.07. The van der Waals surface area contributed by atoms with Crippen molar-refractivity contribution in [2.75, 3.05) is 23.7 Å². The maximum absolute atomic E-state index is 12.1. The Hall–Kier alpha value is -2.19. The SMILES string of the molecule is CCCS(=O)(=O)Nc1ncnc(OCCO)c1-c1ccc(C)cc1. The molecule has 0 aliphatic rings. The molecule has 2 aromatic rings. The van der Waals surface area contributed by atoms with Gasteiger partial charge < -0.3 is 9.84 Å². The molecule has 7 nitrogen and oxygen atoms in total. The number of aliphatic hydroxyl groups is 1. The van der Waals surface area contributed by atoms with Crippen LogP contribution >= 0.6 is 0 Å². The summed E-state index contributed by atoms with van der Waals surface area (Å²) in [7, 11) is -3.51. The minimum absolute atomic E-state index is 0.00281. The number of nitrogens with zero attached hydrogens (tertiary/aromatic N) is 2. The lowest BCUT2D eigenvalue weighted by Crippen LogP contribution is -2.18. The second-order valence-electron chi connectivity index (χ2n) is 5.26. The van der Waals surface area contributed by atoms with Crippen LogP contribution in [0.3, 0.4) is 0 Å². The van der Waals surface area contributed by atoms with Crippen molar-refractivity contribution in [1.82, 2.24) is 9.97 Å². The highest BCUT2D eigenvalue weighted by atomic mass is 32.2. The molecule has 0 unspecified atom stereocenters. The standard InChI is InChI=1S/C16H21N3O4S/c1-3-10-24(21,22)19-15-14(13-6-4-12(2)5-7-13)16(18-11-17-15)23-9-8-20/h4-7,11,20H,3,8-10H2,1-2H3,(H,17,18,19). The maximum Gasteiger partial charge on any atom is 0.233 e. The van der Waals surface area contributed by atoms with Crippen molar-refractivity contribution in [2.24, 2.45) is 0 Å². The van der Waals surface area contributed by atoms with E-state index in [1.54, 1.807) is 6.92 Å². The molecule has 0 saturated carbocycles. The highest BCUT2D eigenvalue weighted by Gasteiger charge is 2.19. The van der Waals surface area contributed by atoms with E-state index in [9.17, 15) is 8.42 Å². The lowest BCUT2D eigenvalue weighted by atomic mass is 10.1. The number of aryl methyl sites for hydroxylation is 1. The summed E-state index contributed by atoms with van der Waals surface area (Å²) in [5, 5.41) is 8.97. The second-order valence-corrected chi connectivity index (χ2v) is 7.10. The Labute approximate surface area is 141 Å². The van der Waals surface area contributed by atoms with E-state index >= 15 is 0 Å². The molecule has 8 heteroatoms. The van der Waals surface area contributed by atoms with Crippen molar-refractivity contribution in [1.29, 1.82) is 0 Å². The summed E-state index contributed by atoms with van der Waals surface area (Å²) in [6.45, 7) is 3.63. The summed E-state index contributed by atoms with van der Waals surface area (Å²) in [4.78, 5) is 8.14. The highest BCUT2D eigenvalue weighted by molar-refractivity contribution is 7.92. The van der Waals surface area contributed by atoms with Gasteiger partial charge in [0.2, 0.25) is 15.9 Å². The van der Waals surface area contributed by atoms with Crippen LogP contribution in [0.2, 0.25) is 0 Å². The molecule has 1 aromatic carbocycles. The van der Waals surface area contributed by atoms with Gasteiger partial charge in [0.1, 0.15) is 12.9 Å². The molecule has 1 aromatic heterocycles. The minimum atomic E-state index is -3.51. The number of nitrogens with one attached hydrogen (secondary N) is 1. The molecule has 0 spiro atoms. The number of ether oxygens (including phenoxy) is 1. The molecular formula is C16H21N3O4S. The summed E-state index contributed by atoms with van der Waals surface area (Å²) in [5.41, 5.74) is 2.25. The summed E-state index contributed by atoms with van der Waals surface area (Å²) in [6.07, 6.45) is 1.72. The Kier molecular flexibility index (Phi) is 6.10. The number of benzene rings is 1. The van der Waals surface area contributed by atoms with Crippen LogP contribution in [0.1, 0.15) is 18.9 Å². The first-order chi connectivity index (χ1) is 11.5. The fourth-order valence-corrected chi connectivity index (χ4v) is 3.23. The van der Waals surface area contributed by atoms with E-state index < -0.39 is 10.0 Å². The third-order valence-corrected chi connectivity index (χ3v) is 4.66. The molecule has 0 aliphatic carbocycles. The Morgan fingerprint density at radius 2 is 1.92 bits per heavy atom. The summed E-state index contributed by atoms with van der Waals surface area (Å²) in [5.74, 6) is 0.379. The quantitative estimate of drug-likeness (QED) is 0.754. The van der Waals surface area contributed by atoms with E-state index in [1.165, 1.54) is 6.33 Å². The molecule has 0 amide bonds.